The molecule has 0 radical (unpaired) electrons. The van der Waals surface area contributed by atoms with E-state index in [-0.39, 0.29) is 12.4 Å². The summed E-state index contributed by atoms with van der Waals surface area (Å²) >= 11 is 5.60. The molecule has 0 saturated heterocycles. The normalized spacial score (nSPS) is 9.35. The van der Waals surface area contributed by atoms with Gasteiger partial charge in [0.15, 0.2) is 0 Å². The molecule has 0 atom stereocenters. The quantitative estimate of drug-likeness (QED) is 0.646. The van der Waals surface area contributed by atoms with E-state index in [1.165, 1.54) is 11.3 Å². The van der Waals surface area contributed by atoms with E-state index in [0.717, 1.165) is 15.3 Å². The molecule has 0 unspecified atom stereocenters. The van der Waals surface area contributed by atoms with Crippen molar-refractivity contribution in [3.8, 4) is 0 Å². The fourth-order valence-electron chi connectivity index (χ4n) is 1.18. The predicted molar refractivity (Wildman–Crippen MR) is 74.2 cm³/mol. The smallest absolute Gasteiger partial charge is 0.202 e. The number of ketones is 1. The molecule has 0 spiro atoms. The zero-order valence-electron chi connectivity index (χ0n) is 9.46. The van der Waals surface area contributed by atoms with E-state index in [0.29, 0.717) is 0 Å². The summed E-state index contributed by atoms with van der Waals surface area (Å²) in [5.74, 6) is 0.0656. The molecule has 2 aromatic rings. The van der Waals surface area contributed by atoms with Crippen LogP contribution in [-0.2, 0) is 0 Å². The van der Waals surface area contributed by atoms with Crippen LogP contribution in [0.25, 0.3) is 0 Å². The van der Waals surface area contributed by atoms with Crippen molar-refractivity contribution in [1.29, 1.82) is 0 Å². The molecule has 0 bridgehead atoms. The molecule has 90 valence electrons. The number of thiol groups is 1. The predicted octanol–water partition coefficient (Wildman–Crippen LogP) is 3.27. The van der Waals surface area contributed by atoms with Crippen LogP contribution in [0.3, 0.4) is 0 Å². The van der Waals surface area contributed by atoms with Crippen molar-refractivity contribution in [2.45, 2.75) is 11.8 Å². The highest BCUT2D eigenvalue weighted by Crippen LogP contribution is 2.20. The minimum absolute atomic E-state index is 0.0656. The van der Waals surface area contributed by atoms with Crippen molar-refractivity contribution in [3.05, 3.63) is 52.2 Å². The number of thiophene rings is 1. The Morgan fingerprint density at radius 1 is 1.35 bits per heavy atom. The van der Waals surface area contributed by atoms with Crippen molar-refractivity contribution in [2.24, 2.45) is 0 Å². The van der Waals surface area contributed by atoms with Crippen LogP contribution in [0, 0.1) is 0 Å². The molecule has 1 aromatic carbocycles. The van der Waals surface area contributed by atoms with Gasteiger partial charge in [0.1, 0.15) is 0 Å². The Morgan fingerprint density at radius 2 is 1.94 bits per heavy atom. The molecule has 2 nitrogen and oxygen atoms in total. The highest BCUT2D eigenvalue weighted by atomic mass is 32.1. The fourth-order valence-corrected chi connectivity index (χ4v) is 2.29. The molecule has 17 heavy (non-hydrogen) atoms. The maximum atomic E-state index is 11.8. The lowest BCUT2D eigenvalue weighted by atomic mass is 10.1. The minimum Gasteiger partial charge on any atom is -0.397 e. The number of aliphatic hydroxyl groups excluding tert-OH is 1. The Labute approximate surface area is 110 Å². The summed E-state index contributed by atoms with van der Waals surface area (Å²) in [6.07, 6.45) is 0. The first kappa shape index (κ1) is 14.0. The summed E-state index contributed by atoms with van der Waals surface area (Å²) in [5, 5.41) is 9.43. The Balaban J connectivity index is 0.000000437. The Hall–Kier alpha value is -1.10. The van der Waals surface area contributed by atoms with Crippen molar-refractivity contribution in [1.82, 2.24) is 0 Å². The van der Waals surface area contributed by atoms with Gasteiger partial charge in [-0.1, -0.05) is 30.3 Å². The average molecular weight is 266 g/mol. The van der Waals surface area contributed by atoms with Crippen LogP contribution in [0.2, 0.25) is 0 Å². The third-order valence-corrected chi connectivity index (χ3v) is 3.21. The lowest BCUT2D eigenvalue weighted by molar-refractivity contribution is 0.104. The number of hydrogen-bond donors (Lipinski definition) is 2. The molecule has 1 aromatic heterocycles. The highest BCUT2D eigenvalue weighted by molar-refractivity contribution is 7.80. The summed E-state index contributed by atoms with van der Waals surface area (Å²) in [7, 11) is 0. The van der Waals surface area contributed by atoms with Gasteiger partial charge >= 0.3 is 0 Å². The number of hydrogen-bond acceptors (Lipinski definition) is 4. The molecular formula is C13H14O2S2. The summed E-state index contributed by atoms with van der Waals surface area (Å²) < 4.78 is 0. The minimum atomic E-state index is 0.0656. The van der Waals surface area contributed by atoms with Crippen LogP contribution >= 0.6 is 24.0 Å². The largest absolute Gasteiger partial charge is 0.397 e. The second-order valence-electron chi connectivity index (χ2n) is 3.18. The van der Waals surface area contributed by atoms with Gasteiger partial charge in [0, 0.05) is 22.4 Å². The molecule has 0 fully saturated rings. The van der Waals surface area contributed by atoms with Gasteiger partial charge in [-0.3, -0.25) is 4.79 Å². The third-order valence-electron chi connectivity index (χ3n) is 1.85. The summed E-state index contributed by atoms with van der Waals surface area (Å²) in [5.41, 5.74) is 0.725. The lowest BCUT2D eigenvalue weighted by Gasteiger charge is -1.95. The van der Waals surface area contributed by atoms with Crippen LogP contribution in [0.15, 0.2) is 46.7 Å². The van der Waals surface area contributed by atoms with Crippen LogP contribution in [0.5, 0.6) is 0 Å². The van der Waals surface area contributed by atoms with Crippen molar-refractivity contribution in [2.75, 3.05) is 6.61 Å². The molecule has 0 aliphatic carbocycles. The molecule has 0 aliphatic rings. The van der Waals surface area contributed by atoms with Crippen LogP contribution in [-0.4, -0.2) is 17.5 Å². The Bertz CT molecular complexity index is 463. The summed E-state index contributed by atoms with van der Waals surface area (Å²) in [4.78, 5) is 13.4. The zero-order valence-corrected chi connectivity index (χ0v) is 11.2. The van der Waals surface area contributed by atoms with E-state index in [2.05, 4.69) is 12.6 Å². The molecule has 4 heteroatoms. The van der Waals surface area contributed by atoms with Crippen molar-refractivity contribution >= 4 is 29.7 Å². The summed E-state index contributed by atoms with van der Waals surface area (Å²) in [6.45, 7) is 1.93. The topological polar surface area (TPSA) is 37.3 Å². The van der Waals surface area contributed by atoms with E-state index < -0.39 is 0 Å². The number of carbonyl (C=O) groups is 1. The second-order valence-corrected chi connectivity index (χ2v) is 4.61. The standard InChI is InChI=1S/C11H8OS2.C2H6O/c12-11(8-4-2-1-3-5-8)10-6-9(13)7-14-10;1-2-3/h1-7,13H;3H,2H2,1H3. The third kappa shape index (κ3) is 4.34. The fraction of sp³-hybridized carbons (Fsp3) is 0.154. The molecule has 1 N–H and O–H groups in total. The van der Waals surface area contributed by atoms with E-state index in [1.54, 1.807) is 13.0 Å². The maximum absolute atomic E-state index is 11.8. The molecule has 2 rings (SSSR count). The van der Waals surface area contributed by atoms with Gasteiger partial charge in [-0.05, 0) is 13.0 Å². The number of rotatable bonds is 2. The summed E-state index contributed by atoms with van der Waals surface area (Å²) in [6, 6.07) is 11.1. The van der Waals surface area contributed by atoms with Crippen LogP contribution in [0.4, 0.5) is 0 Å². The molecular weight excluding hydrogens is 252 g/mol. The van der Waals surface area contributed by atoms with Crippen molar-refractivity contribution < 1.29 is 9.90 Å². The Morgan fingerprint density at radius 3 is 2.41 bits per heavy atom. The first-order valence-electron chi connectivity index (χ1n) is 5.17. The first-order valence-corrected chi connectivity index (χ1v) is 6.49. The first-order chi connectivity index (χ1) is 8.19. The van der Waals surface area contributed by atoms with E-state index >= 15 is 0 Å². The highest BCUT2D eigenvalue weighted by Gasteiger charge is 2.09. The zero-order chi connectivity index (χ0) is 12.7. The van der Waals surface area contributed by atoms with Gasteiger partial charge in [0.2, 0.25) is 5.78 Å². The van der Waals surface area contributed by atoms with Crippen LogP contribution < -0.4 is 0 Å². The SMILES string of the molecule is CCO.O=C(c1ccccc1)c1cc(S)cs1. The van der Waals surface area contributed by atoms with Gasteiger partial charge in [-0.25, -0.2) is 0 Å². The monoisotopic (exact) mass is 266 g/mol. The van der Waals surface area contributed by atoms with E-state index in [4.69, 9.17) is 5.11 Å². The van der Waals surface area contributed by atoms with Crippen LogP contribution in [0.1, 0.15) is 22.2 Å². The number of aliphatic hydroxyl groups is 1. The molecule has 1 heterocycles. The van der Waals surface area contributed by atoms with Crippen molar-refractivity contribution in [3.63, 3.8) is 0 Å². The van der Waals surface area contributed by atoms with E-state index in [9.17, 15) is 4.79 Å². The van der Waals surface area contributed by atoms with Gasteiger partial charge in [0.05, 0.1) is 4.88 Å². The van der Waals surface area contributed by atoms with Gasteiger partial charge in [0.25, 0.3) is 0 Å². The van der Waals surface area contributed by atoms with Gasteiger partial charge < -0.3 is 5.11 Å². The average Bonchev–Trinajstić information content (AvgIpc) is 2.77. The van der Waals surface area contributed by atoms with Gasteiger partial charge in [-0.2, -0.15) is 0 Å². The molecule has 0 aliphatic heterocycles. The lowest BCUT2D eigenvalue weighted by Crippen LogP contribution is -1.97. The molecule has 0 amide bonds. The van der Waals surface area contributed by atoms with E-state index in [1.807, 2.05) is 35.7 Å². The van der Waals surface area contributed by atoms with Gasteiger partial charge in [-0.15, -0.1) is 24.0 Å². The Kier molecular flexibility index (Phi) is 5.97. The maximum Gasteiger partial charge on any atom is 0.202 e. The molecule has 0 saturated carbocycles. The second kappa shape index (κ2) is 7.27. The number of carbonyl (C=O) groups excluding carboxylic acids is 1. The number of benzene rings is 1.